The van der Waals surface area contributed by atoms with E-state index in [0.29, 0.717) is 11.8 Å². The van der Waals surface area contributed by atoms with Gasteiger partial charge in [0.1, 0.15) is 0 Å². The van der Waals surface area contributed by atoms with Gasteiger partial charge in [-0.1, -0.05) is 62.4 Å². The Balaban J connectivity index is 1.75. The second kappa shape index (κ2) is 5.98. The van der Waals surface area contributed by atoms with Crippen LogP contribution in [0.15, 0.2) is 77.5 Å². The van der Waals surface area contributed by atoms with Crippen molar-refractivity contribution in [1.29, 1.82) is 0 Å². The largest absolute Gasteiger partial charge is 0.345 e. The Kier molecular flexibility index (Phi) is 3.80. The average molecular weight is 315 g/mol. The summed E-state index contributed by atoms with van der Waals surface area (Å²) in [6.07, 6.45) is 9.52. The fraction of sp³-hybridized carbons (Fsp3) is 0.304. The lowest BCUT2D eigenvalue weighted by molar-refractivity contribution is 0.639. The molecule has 2 unspecified atom stereocenters. The zero-order valence-corrected chi connectivity index (χ0v) is 14.8. The van der Waals surface area contributed by atoms with E-state index in [9.17, 15) is 0 Å². The molecular weight excluding hydrogens is 290 g/mol. The van der Waals surface area contributed by atoms with Crippen LogP contribution in [-0.4, -0.2) is 7.05 Å². The van der Waals surface area contributed by atoms with Crippen molar-refractivity contribution < 1.29 is 0 Å². The van der Waals surface area contributed by atoms with Crippen LogP contribution in [0.3, 0.4) is 0 Å². The Hall–Kier alpha value is -2.28. The molecule has 2 aromatic rings. The van der Waals surface area contributed by atoms with Crippen LogP contribution in [0.4, 0.5) is 5.69 Å². The molecule has 1 heteroatoms. The predicted molar refractivity (Wildman–Crippen MR) is 104 cm³/mol. The van der Waals surface area contributed by atoms with Gasteiger partial charge in [0, 0.05) is 18.4 Å². The summed E-state index contributed by atoms with van der Waals surface area (Å²) < 4.78 is 0. The second-order valence-corrected chi connectivity index (χ2v) is 7.37. The Morgan fingerprint density at radius 1 is 0.917 bits per heavy atom. The molecule has 2 aliphatic carbocycles. The van der Waals surface area contributed by atoms with Crippen LogP contribution < -0.4 is 4.90 Å². The number of likely N-dealkylation sites (N-methyl/N-ethyl adjacent to an activating group) is 1. The van der Waals surface area contributed by atoms with Crippen LogP contribution in [0.25, 0.3) is 10.8 Å². The van der Waals surface area contributed by atoms with E-state index < -0.39 is 0 Å². The maximum absolute atomic E-state index is 2.46. The van der Waals surface area contributed by atoms with Crippen molar-refractivity contribution >= 4 is 16.5 Å². The first-order chi connectivity index (χ1) is 11.6. The summed E-state index contributed by atoms with van der Waals surface area (Å²) in [7, 11) is 2.21. The molecule has 0 fully saturated rings. The van der Waals surface area contributed by atoms with Crippen LogP contribution in [-0.2, 0) is 0 Å². The lowest BCUT2D eigenvalue weighted by Gasteiger charge is -2.34. The van der Waals surface area contributed by atoms with E-state index in [0.717, 1.165) is 6.42 Å². The van der Waals surface area contributed by atoms with Gasteiger partial charge in [0.25, 0.3) is 0 Å². The van der Waals surface area contributed by atoms with Gasteiger partial charge in [-0.05, 0) is 58.7 Å². The zero-order chi connectivity index (χ0) is 16.7. The van der Waals surface area contributed by atoms with Crippen molar-refractivity contribution in [1.82, 2.24) is 0 Å². The van der Waals surface area contributed by atoms with Crippen molar-refractivity contribution in [2.75, 3.05) is 11.9 Å². The summed E-state index contributed by atoms with van der Waals surface area (Å²) >= 11 is 0. The van der Waals surface area contributed by atoms with E-state index in [1.54, 1.807) is 5.57 Å². The Labute approximate surface area is 145 Å². The van der Waals surface area contributed by atoms with Crippen LogP contribution in [0.1, 0.15) is 26.7 Å². The van der Waals surface area contributed by atoms with E-state index in [-0.39, 0.29) is 0 Å². The van der Waals surface area contributed by atoms with Gasteiger partial charge in [0.15, 0.2) is 0 Å². The van der Waals surface area contributed by atoms with Gasteiger partial charge in [0.2, 0.25) is 0 Å². The van der Waals surface area contributed by atoms with Gasteiger partial charge < -0.3 is 4.90 Å². The minimum atomic E-state index is 0.597. The fourth-order valence-corrected chi connectivity index (χ4v) is 3.98. The molecule has 0 N–H and O–H groups in total. The molecule has 122 valence electrons. The molecule has 0 radical (unpaired) electrons. The molecule has 0 saturated heterocycles. The highest BCUT2D eigenvalue weighted by molar-refractivity contribution is 5.86. The maximum Gasteiger partial charge on any atom is 0.0414 e. The average Bonchev–Trinajstić information content (AvgIpc) is 2.60. The fourth-order valence-electron chi connectivity index (χ4n) is 3.98. The van der Waals surface area contributed by atoms with E-state index >= 15 is 0 Å². The number of hydrogen-bond acceptors (Lipinski definition) is 1. The number of nitrogens with zero attached hydrogens (tertiary/aromatic N) is 1. The smallest absolute Gasteiger partial charge is 0.0414 e. The molecule has 0 heterocycles. The molecule has 2 aliphatic rings. The molecule has 4 rings (SSSR count). The maximum atomic E-state index is 2.46. The molecule has 0 spiro atoms. The quantitative estimate of drug-likeness (QED) is 0.648. The van der Waals surface area contributed by atoms with E-state index in [2.05, 4.69) is 86.5 Å². The molecule has 0 aliphatic heterocycles. The summed E-state index contributed by atoms with van der Waals surface area (Å²) in [5.74, 6) is 1.23. The second-order valence-electron chi connectivity index (χ2n) is 7.37. The lowest BCUT2D eigenvalue weighted by atomic mass is 9.80. The molecular formula is C23H25N. The minimum Gasteiger partial charge on any atom is -0.345 e. The number of hydrogen-bond donors (Lipinski definition) is 0. The first-order valence-corrected chi connectivity index (χ1v) is 8.97. The SMILES string of the molecule is CC1C=C(N(C)c2ccc3ccccc3c2)C2=C(C=CC(C)C2)C1. The molecule has 2 atom stereocenters. The number of anilines is 1. The van der Waals surface area contributed by atoms with Crippen molar-refractivity contribution in [3.63, 3.8) is 0 Å². The molecule has 2 aromatic carbocycles. The van der Waals surface area contributed by atoms with Crippen LogP contribution in [0.2, 0.25) is 0 Å². The summed E-state index contributed by atoms with van der Waals surface area (Å²) in [6.45, 7) is 4.63. The molecule has 24 heavy (non-hydrogen) atoms. The van der Waals surface area contributed by atoms with Gasteiger partial charge in [-0.15, -0.1) is 0 Å². The molecule has 0 saturated carbocycles. The number of allylic oxidation sites excluding steroid dienone is 5. The third-order valence-electron chi connectivity index (χ3n) is 5.31. The molecule has 0 amide bonds. The third-order valence-corrected chi connectivity index (χ3v) is 5.31. The highest BCUT2D eigenvalue weighted by Crippen LogP contribution is 2.39. The third kappa shape index (κ3) is 2.69. The van der Waals surface area contributed by atoms with Gasteiger partial charge >= 0.3 is 0 Å². The lowest BCUT2D eigenvalue weighted by Crippen LogP contribution is -2.24. The first-order valence-electron chi connectivity index (χ1n) is 8.97. The Morgan fingerprint density at radius 3 is 2.54 bits per heavy atom. The predicted octanol–water partition coefficient (Wildman–Crippen LogP) is 6.09. The zero-order valence-electron chi connectivity index (χ0n) is 14.8. The molecule has 0 aromatic heterocycles. The molecule has 1 nitrogen and oxygen atoms in total. The topological polar surface area (TPSA) is 3.24 Å². The van der Waals surface area contributed by atoms with Crippen molar-refractivity contribution in [2.45, 2.75) is 26.7 Å². The number of fused-ring (bicyclic) bond motifs is 1. The van der Waals surface area contributed by atoms with Crippen molar-refractivity contribution in [3.05, 3.63) is 77.5 Å². The van der Waals surface area contributed by atoms with Crippen LogP contribution in [0.5, 0.6) is 0 Å². The van der Waals surface area contributed by atoms with Gasteiger partial charge in [-0.25, -0.2) is 0 Å². The van der Waals surface area contributed by atoms with Crippen molar-refractivity contribution in [3.8, 4) is 0 Å². The summed E-state index contributed by atoms with van der Waals surface area (Å²) in [6, 6.07) is 15.4. The monoisotopic (exact) mass is 315 g/mol. The Bertz CT molecular complexity index is 868. The summed E-state index contributed by atoms with van der Waals surface area (Å²) in [5, 5.41) is 2.60. The standard InChI is InChI=1S/C23H25N/c1-16-8-9-20-12-17(2)14-23(22(20)13-16)24(3)21-11-10-18-6-4-5-7-19(18)15-21/h4-11,14-17H,12-13H2,1-3H3. The normalized spacial score (nSPS) is 23.2. The highest BCUT2D eigenvalue weighted by atomic mass is 15.1. The number of benzene rings is 2. The first kappa shape index (κ1) is 15.3. The van der Waals surface area contributed by atoms with Gasteiger partial charge in [-0.2, -0.15) is 0 Å². The summed E-state index contributed by atoms with van der Waals surface area (Å²) in [5.41, 5.74) is 5.74. The van der Waals surface area contributed by atoms with Gasteiger partial charge in [0.05, 0.1) is 0 Å². The van der Waals surface area contributed by atoms with E-state index in [4.69, 9.17) is 0 Å². The van der Waals surface area contributed by atoms with E-state index in [1.807, 2.05) is 0 Å². The van der Waals surface area contributed by atoms with Crippen LogP contribution >= 0.6 is 0 Å². The van der Waals surface area contributed by atoms with Gasteiger partial charge in [-0.3, -0.25) is 0 Å². The molecule has 0 bridgehead atoms. The summed E-state index contributed by atoms with van der Waals surface area (Å²) in [4.78, 5) is 2.38. The minimum absolute atomic E-state index is 0.597. The Morgan fingerprint density at radius 2 is 1.71 bits per heavy atom. The van der Waals surface area contributed by atoms with Crippen molar-refractivity contribution in [2.24, 2.45) is 11.8 Å². The van der Waals surface area contributed by atoms with E-state index in [1.165, 1.54) is 34.2 Å². The number of rotatable bonds is 2. The highest BCUT2D eigenvalue weighted by Gasteiger charge is 2.25. The van der Waals surface area contributed by atoms with Crippen LogP contribution in [0, 0.1) is 11.8 Å².